The van der Waals surface area contributed by atoms with Crippen LogP contribution in [0.1, 0.15) is 37.8 Å². The van der Waals surface area contributed by atoms with E-state index in [-0.39, 0.29) is 12.5 Å². The normalized spacial score (nSPS) is 21.1. The Labute approximate surface area is 129 Å². The number of hydrogen-bond acceptors (Lipinski definition) is 2. The topological polar surface area (TPSA) is 40.5 Å². The van der Waals surface area contributed by atoms with Gasteiger partial charge in [-0.2, -0.15) is 0 Å². The molecular weight excluding hydrogens is 297 g/mol. The standard InChI is InChI=1S/C15H19Cl2NO2/c1-10(12-3-4-13(16)14(17)8-12)18-7-6-11(9-18)2-5-15(19)20/h3-4,8,10-11H,2,5-7,9H2,1H3,(H,19,20). The summed E-state index contributed by atoms with van der Waals surface area (Å²) in [7, 11) is 0. The van der Waals surface area contributed by atoms with Crippen LogP contribution < -0.4 is 0 Å². The third-order valence-electron chi connectivity index (χ3n) is 4.06. The summed E-state index contributed by atoms with van der Waals surface area (Å²) in [5.41, 5.74) is 1.15. The molecule has 1 aliphatic rings. The molecule has 0 bridgehead atoms. The molecule has 1 fully saturated rings. The fourth-order valence-electron chi connectivity index (χ4n) is 2.76. The molecule has 2 atom stereocenters. The first-order valence-electron chi connectivity index (χ1n) is 6.88. The summed E-state index contributed by atoms with van der Waals surface area (Å²) < 4.78 is 0. The van der Waals surface area contributed by atoms with E-state index in [1.165, 1.54) is 0 Å². The van der Waals surface area contributed by atoms with Gasteiger partial charge in [0.15, 0.2) is 0 Å². The predicted octanol–water partition coefficient (Wildman–Crippen LogP) is 4.24. The lowest BCUT2D eigenvalue weighted by Crippen LogP contribution is -2.24. The summed E-state index contributed by atoms with van der Waals surface area (Å²) in [6.07, 6.45) is 2.10. The molecule has 0 saturated carbocycles. The number of rotatable bonds is 5. The Morgan fingerprint density at radius 1 is 1.45 bits per heavy atom. The van der Waals surface area contributed by atoms with E-state index in [1.807, 2.05) is 18.2 Å². The number of carboxylic acids is 1. The fraction of sp³-hybridized carbons (Fsp3) is 0.533. The monoisotopic (exact) mass is 315 g/mol. The van der Waals surface area contributed by atoms with Gasteiger partial charge in [0.05, 0.1) is 10.0 Å². The zero-order valence-corrected chi connectivity index (χ0v) is 13.0. The summed E-state index contributed by atoms with van der Waals surface area (Å²) in [4.78, 5) is 13.0. The maximum Gasteiger partial charge on any atom is 0.303 e. The number of hydrogen-bond donors (Lipinski definition) is 1. The molecule has 1 aromatic rings. The van der Waals surface area contributed by atoms with Crippen molar-refractivity contribution in [3.63, 3.8) is 0 Å². The van der Waals surface area contributed by atoms with Gasteiger partial charge in [-0.05, 0) is 49.9 Å². The minimum absolute atomic E-state index is 0.264. The minimum Gasteiger partial charge on any atom is -0.481 e. The highest BCUT2D eigenvalue weighted by atomic mass is 35.5. The smallest absolute Gasteiger partial charge is 0.303 e. The highest BCUT2D eigenvalue weighted by molar-refractivity contribution is 6.42. The second-order valence-electron chi connectivity index (χ2n) is 5.43. The Kier molecular flexibility index (Phi) is 5.30. The van der Waals surface area contributed by atoms with Crippen molar-refractivity contribution in [2.45, 2.75) is 32.2 Å². The first-order valence-corrected chi connectivity index (χ1v) is 7.63. The molecule has 2 rings (SSSR count). The zero-order chi connectivity index (χ0) is 14.7. The Morgan fingerprint density at radius 3 is 2.85 bits per heavy atom. The molecule has 2 unspecified atom stereocenters. The van der Waals surface area contributed by atoms with E-state index >= 15 is 0 Å². The van der Waals surface area contributed by atoms with Crippen LogP contribution in [0.4, 0.5) is 0 Å². The van der Waals surface area contributed by atoms with Gasteiger partial charge in [-0.3, -0.25) is 9.69 Å². The van der Waals surface area contributed by atoms with Crippen LogP contribution in [0, 0.1) is 5.92 Å². The lowest BCUT2D eigenvalue weighted by Gasteiger charge is -2.25. The SMILES string of the molecule is CC(c1ccc(Cl)c(Cl)c1)N1CCC(CCC(=O)O)C1. The second kappa shape index (κ2) is 6.79. The average Bonchev–Trinajstić information content (AvgIpc) is 2.87. The van der Waals surface area contributed by atoms with Crippen molar-refractivity contribution in [2.24, 2.45) is 5.92 Å². The van der Waals surface area contributed by atoms with Gasteiger partial charge in [-0.25, -0.2) is 0 Å². The van der Waals surface area contributed by atoms with Gasteiger partial charge in [0.25, 0.3) is 0 Å². The lowest BCUT2D eigenvalue weighted by molar-refractivity contribution is -0.137. The Hall–Kier alpha value is -0.770. The first kappa shape index (κ1) is 15.6. The van der Waals surface area contributed by atoms with Crippen LogP contribution in [0.25, 0.3) is 0 Å². The molecule has 0 aromatic heterocycles. The first-order chi connectivity index (χ1) is 9.47. The molecule has 0 amide bonds. The summed E-state index contributed by atoms with van der Waals surface area (Å²) >= 11 is 12.0. The summed E-state index contributed by atoms with van der Waals surface area (Å²) in [6.45, 7) is 4.11. The molecule has 1 heterocycles. The largest absolute Gasteiger partial charge is 0.481 e. The number of likely N-dealkylation sites (tertiary alicyclic amines) is 1. The molecule has 0 radical (unpaired) electrons. The molecule has 1 saturated heterocycles. The number of nitrogens with zero attached hydrogens (tertiary/aromatic N) is 1. The number of carbonyl (C=O) groups is 1. The van der Waals surface area contributed by atoms with E-state index in [2.05, 4.69) is 11.8 Å². The third-order valence-corrected chi connectivity index (χ3v) is 4.80. The quantitative estimate of drug-likeness (QED) is 0.883. The molecule has 3 nitrogen and oxygen atoms in total. The predicted molar refractivity (Wildman–Crippen MR) is 81.4 cm³/mol. The number of benzene rings is 1. The third kappa shape index (κ3) is 3.87. The van der Waals surface area contributed by atoms with Crippen molar-refractivity contribution in [3.8, 4) is 0 Å². The van der Waals surface area contributed by atoms with Crippen LogP contribution in [0.3, 0.4) is 0 Å². The molecule has 20 heavy (non-hydrogen) atoms. The second-order valence-corrected chi connectivity index (χ2v) is 6.25. The van der Waals surface area contributed by atoms with Gasteiger partial charge in [0.2, 0.25) is 0 Å². The van der Waals surface area contributed by atoms with Crippen molar-refractivity contribution in [1.82, 2.24) is 4.90 Å². The van der Waals surface area contributed by atoms with E-state index in [1.54, 1.807) is 0 Å². The molecule has 1 aliphatic heterocycles. The number of halogens is 2. The van der Waals surface area contributed by atoms with Crippen LogP contribution in [0.15, 0.2) is 18.2 Å². The van der Waals surface area contributed by atoms with Gasteiger partial charge < -0.3 is 5.11 Å². The number of aliphatic carboxylic acids is 1. The maximum absolute atomic E-state index is 10.6. The molecule has 0 spiro atoms. The molecular formula is C15H19Cl2NO2. The van der Waals surface area contributed by atoms with Crippen molar-refractivity contribution >= 4 is 29.2 Å². The highest BCUT2D eigenvalue weighted by Crippen LogP contribution is 2.32. The highest BCUT2D eigenvalue weighted by Gasteiger charge is 2.27. The van der Waals surface area contributed by atoms with E-state index < -0.39 is 5.97 Å². The average molecular weight is 316 g/mol. The van der Waals surface area contributed by atoms with Gasteiger partial charge in [0, 0.05) is 19.0 Å². The molecule has 1 aromatic carbocycles. The van der Waals surface area contributed by atoms with Gasteiger partial charge in [-0.15, -0.1) is 0 Å². The molecule has 5 heteroatoms. The number of carboxylic acid groups (broad SMARTS) is 1. The Bertz CT molecular complexity index is 493. The van der Waals surface area contributed by atoms with Crippen LogP contribution in [-0.4, -0.2) is 29.1 Å². The van der Waals surface area contributed by atoms with E-state index in [0.29, 0.717) is 16.0 Å². The van der Waals surface area contributed by atoms with Crippen molar-refractivity contribution in [3.05, 3.63) is 33.8 Å². The van der Waals surface area contributed by atoms with Crippen LogP contribution in [0.2, 0.25) is 10.0 Å². The summed E-state index contributed by atoms with van der Waals surface area (Å²) in [5, 5.41) is 9.90. The summed E-state index contributed by atoms with van der Waals surface area (Å²) in [6, 6.07) is 6.02. The van der Waals surface area contributed by atoms with Gasteiger partial charge in [0.1, 0.15) is 0 Å². The molecule has 1 N–H and O–H groups in total. The van der Waals surface area contributed by atoms with E-state index in [9.17, 15) is 4.79 Å². The summed E-state index contributed by atoms with van der Waals surface area (Å²) in [5.74, 6) is -0.225. The maximum atomic E-state index is 10.6. The van der Waals surface area contributed by atoms with Crippen molar-refractivity contribution in [1.29, 1.82) is 0 Å². The Balaban J connectivity index is 1.95. The zero-order valence-electron chi connectivity index (χ0n) is 11.5. The Morgan fingerprint density at radius 2 is 2.20 bits per heavy atom. The van der Waals surface area contributed by atoms with Crippen LogP contribution in [-0.2, 0) is 4.79 Å². The van der Waals surface area contributed by atoms with Gasteiger partial charge >= 0.3 is 5.97 Å². The lowest BCUT2D eigenvalue weighted by atomic mass is 10.0. The van der Waals surface area contributed by atoms with E-state index in [4.69, 9.17) is 28.3 Å². The molecule has 0 aliphatic carbocycles. The van der Waals surface area contributed by atoms with E-state index in [0.717, 1.165) is 31.5 Å². The van der Waals surface area contributed by atoms with Crippen LogP contribution in [0.5, 0.6) is 0 Å². The molecule has 110 valence electrons. The van der Waals surface area contributed by atoms with Gasteiger partial charge in [-0.1, -0.05) is 29.3 Å². The minimum atomic E-state index is -0.707. The van der Waals surface area contributed by atoms with Crippen molar-refractivity contribution < 1.29 is 9.90 Å². The van der Waals surface area contributed by atoms with Crippen molar-refractivity contribution in [2.75, 3.05) is 13.1 Å². The fourth-order valence-corrected chi connectivity index (χ4v) is 3.07. The van der Waals surface area contributed by atoms with Crippen LogP contribution >= 0.6 is 23.2 Å².